The van der Waals surface area contributed by atoms with E-state index in [-0.39, 0.29) is 28.5 Å². The molecule has 3 amide bonds. The molecule has 30 heavy (non-hydrogen) atoms. The number of amides is 3. The summed E-state index contributed by atoms with van der Waals surface area (Å²) in [6, 6.07) is -2.23. The molecular weight excluding hydrogens is 402 g/mol. The lowest BCUT2D eigenvalue weighted by molar-refractivity contribution is -0.153. The number of anilines is 1. The van der Waals surface area contributed by atoms with Crippen molar-refractivity contribution in [3.8, 4) is 0 Å². The Bertz CT molecular complexity index is 922. The van der Waals surface area contributed by atoms with Crippen molar-refractivity contribution in [2.45, 2.75) is 50.3 Å². The molecular formula is C16H23N7O7. The van der Waals surface area contributed by atoms with E-state index in [0.717, 1.165) is 6.33 Å². The summed E-state index contributed by atoms with van der Waals surface area (Å²) in [6.45, 7) is 1.30. The van der Waals surface area contributed by atoms with Gasteiger partial charge in [-0.15, -0.1) is 5.06 Å². The predicted octanol–water partition coefficient (Wildman–Crippen LogP) is -1.69. The second-order valence-corrected chi connectivity index (χ2v) is 6.75. The smallest absolute Gasteiger partial charge is 0.354 e. The fourth-order valence-corrected chi connectivity index (χ4v) is 3.09. The molecule has 0 radical (unpaired) electrons. The minimum Gasteiger partial charge on any atom is -0.394 e. The SMILES string of the molecule is CCC[C@H](N)C(=O)N(O)C(=O)Nc1ncnc2c1ncn2[C@@H]1O[C@H](CO)[C@@H](O)[C@H]1O. The Morgan fingerprint density at radius 2 is 2.07 bits per heavy atom. The number of fused-ring (bicyclic) bond motifs is 1. The van der Waals surface area contributed by atoms with Gasteiger partial charge in [0, 0.05) is 0 Å². The van der Waals surface area contributed by atoms with E-state index in [0.29, 0.717) is 6.42 Å². The molecule has 3 heterocycles. The summed E-state index contributed by atoms with van der Waals surface area (Å²) < 4.78 is 6.75. The number of urea groups is 1. The van der Waals surface area contributed by atoms with Crippen LogP contribution in [0.25, 0.3) is 11.2 Å². The number of carbonyl (C=O) groups is 2. The number of nitrogens with one attached hydrogen (secondary N) is 1. The van der Waals surface area contributed by atoms with E-state index >= 15 is 0 Å². The van der Waals surface area contributed by atoms with Crippen molar-refractivity contribution in [3.05, 3.63) is 12.7 Å². The molecule has 14 heteroatoms. The van der Waals surface area contributed by atoms with E-state index in [1.165, 1.54) is 10.9 Å². The Morgan fingerprint density at radius 1 is 1.33 bits per heavy atom. The topological polar surface area (TPSA) is 209 Å². The van der Waals surface area contributed by atoms with Gasteiger partial charge in [-0.3, -0.25) is 19.9 Å². The lowest BCUT2D eigenvalue weighted by Crippen LogP contribution is -2.46. The number of rotatable bonds is 6. The molecule has 2 aromatic heterocycles. The van der Waals surface area contributed by atoms with Crippen molar-refractivity contribution in [2.75, 3.05) is 11.9 Å². The number of hydroxylamine groups is 2. The van der Waals surface area contributed by atoms with Crippen LogP contribution in [-0.2, 0) is 9.53 Å². The number of ether oxygens (including phenoxy) is 1. The number of aliphatic hydroxyl groups excluding tert-OH is 3. The molecule has 0 saturated carbocycles. The van der Waals surface area contributed by atoms with Crippen LogP contribution in [0.1, 0.15) is 26.0 Å². The Morgan fingerprint density at radius 3 is 2.70 bits per heavy atom. The second kappa shape index (κ2) is 8.95. The van der Waals surface area contributed by atoms with Crippen LogP contribution < -0.4 is 11.1 Å². The fourth-order valence-electron chi connectivity index (χ4n) is 3.09. The van der Waals surface area contributed by atoms with E-state index < -0.39 is 49.1 Å². The van der Waals surface area contributed by atoms with Crippen molar-refractivity contribution in [1.29, 1.82) is 0 Å². The quantitative estimate of drug-likeness (QED) is 0.227. The van der Waals surface area contributed by atoms with Crippen LogP contribution in [0, 0.1) is 0 Å². The first kappa shape index (κ1) is 21.9. The van der Waals surface area contributed by atoms with E-state index in [4.69, 9.17) is 10.5 Å². The first-order valence-electron chi connectivity index (χ1n) is 9.19. The van der Waals surface area contributed by atoms with Crippen molar-refractivity contribution in [1.82, 2.24) is 24.6 Å². The van der Waals surface area contributed by atoms with Crippen LogP contribution in [0.2, 0.25) is 0 Å². The molecule has 0 aromatic carbocycles. The molecule has 1 aliphatic rings. The van der Waals surface area contributed by atoms with Gasteiger partial charge in [0.05, 0.1) is 19.0 Å². The maximum atomic E-state index is 12.2. The summed E-state index contributed by atoms with van der Waals surface area (Å²) in [5.74, 6) is -1.09. The first-order valence-corrected chi connectivity index (χ1v) is 9.19. The predicted molar refractivity (Wildman–Crippen MR) is 98.9 cm³/mol. The van der Waals surface area contributed by atoms with Crippen LogP contribution in [0.5, 0.6) is 0 Å². The number of carbonyl (C=O) groups excluding carboxylic acids is 2. The number of hydrogen-bond acceptors (Lipinski definition) is 11. The molecule has 0 spiro atoms. The zero-order valence-electron chi connectivity index (χ0n) is 16.0. The molecule has 0 aliphatic carbocycles. The minimum atomic E-state index is -1.36. The zero-order valence-corrected chi connectivity index (χ0v) is 16.0. The summed E-state index contributed by atoms with van der Waals surface area (Å²) in [5, 5.41) is 41.3. The zero-order chi connectivity index (χ0) is 22.0. The summed E-state index contributed by atoms with van der Waals surface area (Å²) in [5.41, 5.74) is 5.83. The highest BCUT2D eigenvalue weighted by atomic mass is 16.6. The highest BCUT2D eigenvalue weighted by Gasteiger charge is 2.44. The van der Waals surface area contributed by atoms with Crippen LogP contribution in [0.15, 0.2) is 12.7 Å². The molecule has 1 saturated heterocycles. The van der Waals surface area contributed by atoms with E-state index in [1.807, 2.05) is 0 Å². The molecule has 1 fully saturated rings. The third-order valence-corrected chi connectivity index (χ3v) is 4.69. The minimum absolute atomic E-state index is 0.0716. The van der Waals surface area contributed by atoms with Gasteiger partial charge in [-0.2, -0.15) is 0 Å². The van der Waals surface area contributed by atoms with Gasteiger partial charge in [-0.25, -0.2) is 19.7 Å². The van der Waals surface area contributed by atoms with Crippen molar-refractivity contribution in [3.63, 3.8) is 0 Å². The van der Waals surface area contributed by atoms with Gasteiger partial charge in [0.15, 0.2) is 23.2 Å². The summed E-state index contributed by atoms with van der Waals surface area (Å²) in [6.07, 6.45) is -1.56. The van der Waals surface area contributed by atoms with Gasteiger partial charge >= 0.3 is 6.03 Å². The summed E-state index contributed by atoms with van der Waals surface area (Å²) >= 11 is 0. The number of aliphatic hydroxyl groups is 3. The van der Waals surface area contributed by atoms with Crippen molar-refractivity contribution >= 4 is 28.9 Å². The highest BCUT2D eigenvalue weighted by molar-refractivity contribution is 6.03. The van der Waals surface area contributed by atoms with Crippen LogP contribution in [-0.4, -0.2) is 88.0 Å². The lowest BCUT2D eigenvalue weighted by Gasteiger charge is -2.18. The molecule has 3 rings (SSSR count). The van der Waals surface area contributed by atoms with E-state index in [9.17, 15) is 30.1 Å². The number of imide groups is 1. The Kier molecular flexibility index (Phi) is 6.55. The molecule has 5 atom stereocenters. The van der Waals surface area contributed by atoms with E-state index in [2.05, 4.69) is 20.3 Å². The lowest BCUT2D eigenvalue weighted by atomic mass is 10.1. The highest BCUT2D eigenvalue weighted by Crippen LogP contribution is 2.32. The Labute approximate surface area is 169 Å². The van der Waals surface area contributed by atoms with Gasteiger partial charge in [0.1, 0.15) is 24.6 Å². The normalized spacial score (nSPS) is 24.7. The van der Waals surface area contributed by atoms with Gasteiger partial charge in [0.25, 0.3) is 5.91 Å². The van der Waals surface area contributed by atoms with Crippen LogP contribution in [0.4, 0.5) is 10.6 Å². The third-order valence-electron chi connectivity index (χ3n) is 4.69. The molecule has 1 aliphatic heterocycles. The molecule has 2 aromatic rings. The van der Waals surface area contributed by atoms with Gasteiger partial charge < -0.3 is 25.8 Å². The largest absolute Gasteiger partial charge is 0.394 e. The molecule has 164 valence electrons. The maximum Gasteiger partial charge on any atom is 0.354 e. The molecule has 0 unspecified atom stereocenters. The number of hydrogen-bond donors (Lipinski definition) is 6. The molecule has 0 bridgehead atoms. The van der Waals surface area contributed by atoms with Crippen molar-refractivity contribution < 1.29 is 34.9 Å². The average molecular weight is 425 g/mol. The van der Waals surface area contributed by atoms with Gasteiger partial charge in [-0.1, -0.05) is 13.3 Å². The maximum absolute atomic E-state index is 12.2. The fraction of sp³-hybridized carbons (Fsp3) is 0.562. The third kappa shape index (κ3) is 3.96. The average Bonchev–Trinajstić information content (AvgIpc) is 3.29. The second-order valence-electron chi connectivity index (χ2n) is 6.75. The first-order chi connectivity index (χ1) is 14.3. The monoisotopic (exact) mass is 425 g/mol. The standard InChI is InChI=1S/C16H23N7O7/c1-2-3-7(17)14(27)23(29)16(28)21-12-9-13(19-5-18-12)22(6-20-9)15-11(26)10(25)8(4-24)30-15/h5-8,10-11,15,24-26,29H,2-4,17H2,1H3,(H,18,19,21,28)/t7-,8+,10+,11+,15+/m0/s1. The van der Waals surface area contributed by atoms with Gasteiger partial charge in [-0.05, 0) is 6.42 Å². The van der Waals surface area contributed by atoms with Crippen LogP contribution >= 0.6 is 0 Å². The Hall–Kier alpha value is -2.75. The summed E-state index contributed by atoms with van der Waals surface area (Å²) in [7, 11) is 0. The molecule has 14 nitrogen and oxygen atoms in total. The van der Waals surface area contributed by atoms with Crippen LogP contribution in [0.3, 0.4) is 0 Å². The number of nitrogens with two attached hydrogens (primary N) is 1. The summed E-state index contributed by atoms with van der Waals surface area (Å²) in [4.78, 5) is 36.2. The van der Waals surface area contributed by atoms with E-state index in [1.54, 1.807) is 6.92 Å². The Balaban J connectivity index is 1.82. The number of nitrogens with zero attached hydrogens (tertiary/aromatic N) is 5. The number of imidazole rings is 1. The van der Waals surface area contributed by atoms with Crippen molar-refractivity contribution in [2.24, 2.45) is 5.73 Å². The van der Waals surface area contributed by atoms with Gasteiger partial charge in [0.2, 0.25) is 0 Å². The molecule has 7 N–H and O–H groups in total. The number of aromatic nitrogens is 4.